The molecule has 1 aromatic heterocycles. The lowest BCUT2D eigenvalue weighted by atomic mass is 10.2. The van der Waals surface area contributed by atoms with E-state index in [9.17, 15) is 4.79 Å². The highest BCUT2D eigenvalue weighted by Gasteiger charge is 2.10. The van der Waals surface area contributed by atoms with Gasteiger partial charge in [-0.1, -0.05) is 0 Å². The van der Waals surface area contributed by atoms with Crippen molar-refractivity contribution in [1.82, 2.24) is 4.90 Å². The SMILES string of the molecule is CC(O)CCN(C)C(=O)CCc1cc(Br)cs1. The molecule has 0 aliphatic heterocycles. The number of rotatable bonds is 6. The monoisotopic (exact) mass is 319 g/mol. The molecule has 0 bridgehead atoms. The van der Waals surface area contributed by atoms with Crippen LogP contribution in [0.5, 0.6) is 0 Å². The van der Waals surface area contributed by atoms with Crippen molar-refractivity contribution in [3.63, 3.8) is 0 Å². The third kappa shape index (κ3) is 5.66. The summed E-state index contributed by atoms with van der Waals surface area (Å²) in [6.07, 6.45) is 1.60. The molecule has 0 spiro atoms. The van der Waals surface area contributed by atoms with Crippen LogP contribution in [-0.2, 0) is 11.2 Å². The maximum absolute atomic E-state index is 11.8. The van der Waals surface area contributed by atoms with E-state index in [-0.39, 0.29) is 12.0 Å². The molecule has 5 heteroatoms. The molecular formula is C12H18BrNO2S. The molecule has 1 amide bonds. The molecule has 1 aromatic rings. The topological polar surface area (TPSA) is 40.5 Å². The molecule has 0 aromatic carbocycles. The summed E-state index contributed by atoms with van der Waals surface area (Å²) in [6.45, 7) is 2.35. The van der Waals surface area contributed by atoms with Gasteiger partial charge in [0.15, 0.2) is 0 Å². The van der Waals surface area contributed by atoms with Gasteiger partial charge in [-0.25, -0.2) is 0 Å². The zero-order valence-corrected chi connectivity index (χ0v) is 12.6. The van der Waals surface area contributed by atoms with Gasteiger partial charge in [0, 0.05) is 34.7 Å². The van der Waals surface area contributed by atoms with Crippen molar-refractivity contribution in [2.45, 2.75) is 32.3 Å². The fourth-order valence-corrected chi connectivity index (χ4v) is 2.87. The van der Waals surface area contributed by atoms with Gasteiger partial charge < -0.3 is 10.0 Å². The molecule has 17 heavy (non-hydrogen) atoms. The molecule has 1 heterocycles. The first kappa shape index (κ1) is 14.7. The maximum Gasteiger partial charge on any atom is 0.222 e. The number of hydrogen-bond acceptors (Lipinski definition) is 3. The van der Waals surface area contributed by atoms with Crippen LogP contribution in [0, 0.1) is 0 Å². The van der Waals surface area contributed by atoms with Crippen LogP contribution in [0.15, 0.2) is 15.9 Å². The minimum atomic E-state index is -0.349. The summed E-state index contributed by atoms with van der Waals surface area (Å²) in [5, 5.41) is 11.2. The highest BCUT2D eigenvalue weighted by atomic mass is 79.9. The van der Waals surface area contributed by atoms with Crippen LogP contribution in [0.3, 0.4) is 0 Å². The first-order chi connectivity index (χ1) is 7.99. The van der Waals surface area contributed by atoms with Gasteiger partial charge in [-0.05, 0) is 41.8 Å². The number of thiophene rings is 1. The predicted molar refractivity (Wildman–Crippen MR) is 74.3 cm³/mol. The van der Waals surface area contributed by atoms with Crippen molar-refractivity contribution >= 4 is 33.2 Å². The van der Waals surface area contributed by atoms with Crippen LogP contribution in [0.4, 0.5) is 0 Å². The zero-order chi connectivity index (χ0) is 12.8. The van der Waals surface area contributed by atoms with E-state index in [0.29, 0.717) is 19.4 Å². The van der Waals surface area contributed by atoms with Crippen molar-refractivity contribution in [3.05, 3.63) is 20.8 Å². The first-order valence-corrected chi connectivity index (χ1v) is 7.31. The first-order valence-electron chi connectivity index (χ1n) is 5.64. The quantitative estimate of drug-likeness (QED) is 0.875. The number of nitrogens with zero attached hydrogens (tertiary/aromatic N) is 1. The molecule has 0 radical (unpaired) electrons. The summed E-state index contributed by atoms with van der Waals surface area (Å²) < 4.78 is 1.08. The lowest BCUT2D eigenvalue weighted by Gasteiger charge is -2.17. The highest BCUT2D eigenvalue weighted by Crippen LogP contribution is 2.21. The van der Waals surface area contributed by atoms with Crippen molar-refractivity contribution in [3.8, 4) is 0 Å². The lowest BCUT2D eigenvalue weighted by Crippen LogP contribution is -2.29. The van der Waals surface area contributed by atoms with Crippen LogP contribution >= 0.6 is 27.3 Å². The standard InChI is InChI=1S/C12H18BrNO2S/c1-9(15)5-6-14(2)12(16)4-3-11-7-10(13)8-17-11/h7-9,15H,3-6H2,1-2H3. The van der Waals surface area contributed by atoms with E-state index >= 15 is 0 Å². The molecule has 1 atom stereocenters. The number of amides is 1. The van der Waals surface area contributed by atoms with Gasteiger partial charge in [0.2, 0.25) is 5.91 Å². The lowest BCUT2D eigenvalue weighted by molar-refractivity contribution is -0.130. The number of halogens is 1. The van der Waals surface area contributed by atoms with E-state index in [1.165, 1.54) is 4.88 Å². The molecule has 0 aliphatic rings. The number of aryl methyl sites for hydroxylation is 1. The number of carbonyl (C=O) groups excluding carboxylic acids is 1. The van der Waals surface area contributed by atoms with Crippen molar-refractivity contribution in [2.24, 2.45) is 0 Å². The molecule has 0 fully saturated rings. The van der Waals surface area contributed by atoms with E-state index in [2.05, 4.69) is 15.9 Å². The Labute approximate surface area is 115 Å². The van der Waals surface area contributed by atoms with E-state index in [1.54, 1.807) is 30.2 Å². The molecule has 1 N–H and O–H groups in total. The molecule has 0 aliphatic carbocycles. The highest BCUT2D eigenvalue weighted by molar-refractivity contribution is 9.10. The van der Waals surface area contributed by atoms with Gasteiger partial charge in [0.1, 0.15) is 0 Å². The maximum atomic E-state index is 11.8. The fraction of sp³-hybridized carbons (Fsp3) is 0.583. The Bertz CT molecular complexity index is 365. The molecule has 3 nitrogen and oxygen atoms in total. The van der Waals surface area contributed by atoms with Gasteiger partial charge in [0.05, 0.1) is 6.10 Å². The Morgan fingerprint density at radius 2 is 2.35 bits per heavy atom. The summed E-state index contributed by atoms with van der Waals surface area (Å²) in [4.78, 5) is 14.7. The van der Waals surface area contributed by atoms with E-state index < -0.39 is 0 Å². The molecule has 1 unspecified atom stereocenters. The number of aliphatic hydroxyl groups is 1. The number of hydrogen-bond donors (Lipinski definition) is 1. The molecular weight excluding hydrogens is 302 g/mol. The van der Waals surface area contributed by atoms with Crippen molar-refractivity contribution in [2.75, 3.05) is 13.6 Å². The third-order valence-electron chi connectivity index (χ3n) is 2.52. The fourth-order valence-electron chi connectivity index (χ4n) is 1.41. The number of carbonyl (C=O) groups is 1. The number of aliphatic hydroxyl groups excluding tert-OH is 1. The minimum absolute atomic E-state index is 0.134. The summed E-state index contributed by atoms with van der Waals surface area (Å²) in [7, 11) is 1.79. The summed E-state index contributed by atoms with van der Waals surface area (Å²) >= 11 is 5.06. The van der Waals surface area contributed by atoms with Crippen LogP contribution in [0.1, 0.15) is 24.6 Å². The van der Waals surface area contributed by atoms with Crippen LogP contribution in [0.25, 0.3) is 0 Å². The second-order valence-corrected chi connectivity index (χ2v) is 6.10. The smallest absolute Gasteiger partial charge is 0.222 e. The molecule has 0 saturated heterocycles. The summed E-state index contributed by atoms with van der Waals surface area (Å²) in [6, 6.07) is 2.05. The van der Waals surface area contributed by atoms with Gasteiger partial charge in [-0.15, -0.1) is 11.3 Å². The van der Waals surface area contributed by atoms with Gasteiger partial charge in [-0.2, -0.15) is 0 Å². The van der Waals surface area contributed by atoms with E-state index in [1.807, 2.05) is 11.4 Å². The Morgan fingerprint density at radius 3 is 2.88 bits per heavy atom. The average Bonchev–Trinajstić information content (AvgIpc) is 2.68. The predicted octanol–water partition coefficient (Wildman–Crippen LogP) is 2.67. The normalized spacial score (nSPS) is 12.5. The second kappa shape index (κ2) is 7.13. The Hall–Kier alpha value is -0.390. The van der Waals surface area contributed by atoms with Gasteiger partial charge >= 0.3 is 0 Å². The minimum Gasteiger partial charge on any atom is -0.393 e. The Morgan fingerprint density at radius 1 is 1.65 bits per heavy atom. The average molecular weight is 320 g/mol. The third-order valence-corrected chi connectivity index (χ3v) is 4.27. The molecule has 96 valence electrons. The van der Waals surface area contributed by atoms with Crippen LogP contribution in [-0.4, -0.2) is 35.6 Å². The van der Waals surface area contributed by atoms with Crippen molar-refractivity contribution < 1.29 is 9.90 Å². The second-order valence-electron chi connectivity index (χ2n) is 4.18. The van der Waals surface area contributed by atoms with Gasteiger partial charge in [-0.3, -0.25) is 4.79 Å². The van der Waals surface area contributed by atoms with E-state index in [0.717, 1.165) is 10.9 Å². The van der Waals surface area contributed by atoms with Gasteiger partial charge in [0.25, 0.3) is 0 Å². The molecule has 0 saturated carbocycles. The van der Waals surface area contributed by atoms with Crippen LogP contribution in [0.2, 0.25) is 0 Å². The van der Waals surface area contributed by atoms with E-state index in [4.69, 9.17) is 5.11 Å². The summed E-state index contributed by atoms with van der Waals surface area (Å²) in [5.74, 6) is 0.134. The largest absolute Gasteiger partial charge is 0.393 e. The zero-order valence-electron chi connectivity index (χ0n) is 10.1. The van der Waals surface area contributed by atoms with Crippen molar-refractivity contribution in [1.29, 1.82) is 0 Å². The Kier molecular flexibility index (Phi) is 6.16. The summed E-state index contributed by atoms with van der Waals surface area (Å²) in [5.41, 5.74) is 0. The molecule has 1 rings (SSSR count). The van der Waals surface area contributed by atoms with Crippen LogP contribution < -0.4 is 0 Å². The Balaban J connectivity index is 2.29.